The third-order valence-electron chi connectivity index (χ3n) is 3.18. The van der Waals surface area contributed by atoms with Gasteiger partial charge < -0.3 is 4.98 Å². The van der Waals surface area contributed by atoms with E-state index in [1.165, 1.54) is 11.1 Å². The number of rotatable bonds is 1. The first-order chi connectivity index (χ1) is 9.06. The van der Waals surface area contributed by atoms with Crippen molar-refractivity contribution in [2.45, 2.75) is 13.8 Å². The standard InChI is InChI=1S/C15H13BrN2S/c1-9-3-5-13(11(16)7-9)18-14-6-4-10(2)8-12(14)17-15(18)19/h3-8H,1-2H3,(H,17,19). The van der Waals surface area contributed by atoms with Crippen LogP contribution >= 0.6 is 28.1 Å². The molecular formula is C15H13BrN2S. The number of benzene rings is 2. The molecular weight excluding hydrogens is 320 g/mol. The monoisotopic (exact) mass is 332 g/mol. The highest BCUT2D eigenvalue weighted by molar-refractivity contribution is 9.10. The van der Waals surface area contributed by atoms with Crippen LogP contribution < -0.4 is 0 Å². The molecule has 0 aliphatic carbocycles. The molecule has 0 unspecified atom stereocenters. The number of hydrogen-bond acceptors (Lipinski definition) is 1. The second-order valence-electron chi connectivity index (χ2n) is 4.74. The second kappa shape index (κ2) is 4.62. The van der Waals surface area contributed by atoms with E-state index in [-0.39, 0.29) is 0 Å². The third kappa shape index (κ3) is 2.15. The first-order valence-electron chi connectivity index (χ1n) is 6.04. The molecule has 19 heavy (non-hydrogen) atoms. The van der Waals surface area contributed by atoms with Crippen molar-refractivity contribution in [1.29, 1.82) is 0 Å². The number of aryl methyl sites for hydroxylation is 2. The van der Waals surface area contributed by atoms with Gasteiger partial charge in [-0.3, -0.25) is 4.57 Å². The fourth-order valence-corrected chi connectivity index (χ4v) is 3.24. The van der Waals surface area contributed by atoms with Crippen molar-refractivity contribution in [3.8, 4) is 5.69 Å². The summed E-state index contributed by atoms with van der Waals surface area (Å²) < 4.78 is 3.82. The summed E-state index contributed by atoms with van der Waals surface area (Å²) in [7, 11) is 0. The lowest BCUT2D eigenvalue weighted by molar-refractivity contribution is 1.05. The van der Waals surface area contributed by atoms with Crippen molar-refractivity contribution in [3.63, 3.8) is 0 Å². The van der Waals surface area contributed by atoms with Crippen molar-refractivity contribution in [2.24, 2.45) is 0 Å². The smallest absolute Gasteiger partial charge is 0.182 e. The molecule has 0 saturated carbocycles. The Labute approximate surface area is 125 Å². The van der Waals surface area contributed by atoms with E-state index in [0.29, 0.717) is 4.77 Å². The number of aromatic nitrogens is 2. The molecule has 3 rings (SSSR count). The van der Waals surface area contributed by atoms with Crippen LogP contribution in [0.2, 0.25) is 0 Å². The van der Waals surface area contributed by atoms with Crippen LogP contribution in [0.15, 0.2) is 40.9 Å². The largest absolute Gasteiger partial charge is 0.330 e. The van der Waals surface area contributed by atoms with Crippen LogP contribution in [-0.2, 0) is 0 Å². The van der Waals surface area contributed by atoms with Crippen molar-refractivity contribution in [1.82, 2.24) is 9.55 Å². The minimum Gasteiger partial charge on any atom is -0.330 e. The van der Waals surface area contributed by atoms with Crippen LogP contribution in [0.25, 0.3) is 16.7 Å². The number of fused-ring (bicyclic) bond motifs is 1. The predicted octanol–water partition coefficient (Wildman–Crippen LogP) is 5.07. The molecule has 1 aromatic heterocycles. The topological polar surface area (TPSA) is 20.7 Å². The highest BCUT2D eigenvalue weighted by Gasteiger charge is 2.09. The Balaban J connectivity index is 2.36. The van der Waals surface area contributed by atoms with Gasteiger partial charge in [0.05, 0.1) is 16.7 Å². The van der Waals surface area contributed by atoms with Gasteiger partial charge in [-0.2, -0.15) is 0 Å². The molecule has 0 aliphatic rings. The van der Waals surface area contributed by atoms with E-state index in [0.717, 1.165) is 21.2 Å². The maximum atomic E-state index is 5.46. The van der Waals surface area contributed by atoms with E-state index in [1.807, 2.05) is 0 Å². The van der Waals surface area contributed by atoms with Gasteiger partial charge in [0.1, 0.15) is 0 Å². The lowest BCUT2D eigenvalue weighted by Gasteiger charge is -2.08. The molecule has 4 heteroatoms. The van der Waals surface area contributed by atoms with Gasteiger partial charge in [-0.05, 0) is 77.4 Å². The number of imidazole rings is 1. The average molecular weight is 333 g/mol. The van der Waals surface area contributed by atoms with E-state index in [4.69, 9.17) is 12.2 Å². The Morgan fingerprint density at radius 3 is 2.47 bits per heavy atom. The van der Waals surface area contributed by atoms with Crippen LogP contribution in [0, 0.1) is 18.6 Å². The predicted molar refractivity (Wildman–Crippen MR) is 85.6 cm³/mol. The molecule has 2 nitrogen and oxygen atoms in total. The number of halogens is 1. The number of nitrogens with one attached hydrogen (secondary N) is 1. The van der Waals surface area contributed by atoms with Crippen molar-refractivity contribution < 1.29 is 0 Å². The van der Waals surface area contributed by atoms with Gasteiger partial charge >= 0.3 is 0 Å². The lowest BCUT2D eigenvalue weighted by Crippen LogP contribution is -1.95. The SMILES string of the molecule is Cc1ccc(-n2c(=S)[nH]c3cc(C)ccc32)c(Br)c1. The average Bonchev–Trinajstić information content (AvgIpc) is 2.65. The third-order valence-corrected chi connectivity index (χ3v) is 4.10. The van der Waals surface area contributed by atoms with Crippen LogP contribution in [0.5, 0.6) is 0 Å². The Morgan fingerprint density at radius 1 is 1.05 bits per heavy atom. The summed E-state index contributed by atoms with van der Waals surface area (Å²) in [6, 6.07) is 12.6. The number of hydrogen-bond donors (Lipinski definition) is 1. The summed E-state index contributed by atoms with van der Waals surface area (Å²) in [6.45, 7) is 4.15. The van der Waals surface area contributed by atoms with E-state index in [2.05, 4.69) is 75.7 Å². The molecule has 0 amide bonds. The molecule has 1 heterocycles. The highest BCUT2D eigenvalue weighted by atomic mass is 79.9. The van der Waals surface area contributed by atoms with Crippen molar-refractivity contribution in [3.05, 3.63) is 56.8 Å². The Kier molecular flexibility index (Phi) is 3.07. The second-order valence-corrected chi connectivity index (χ2v) is 5.98. The molecule has 0 bridgehead atoms. The Hall–Kier alpha value is -1.39. The summed E-state index contributed by atoms with van der Waals surface area (Å²) in [4.78, 5) is 3.27. The van der Waals surface area contributed by atoms with Gasteiger partial charge in [0.2, 0.25) is 0 Å². The highest BCUT2D eigenvalue weighted by Crippen LogP contribution is 2.27. The molecule has 96 valence electrons. The summed E-state index contributed by atoms with van der Waals surface area (Å²) in [5.74, 6) is 0. The van der Waals surface area contributed by atoms with E-state index >= 15 is 0 Å². The van der Waals surface area contributed by atoms with E-state index in [9.17, 15) is 0 Å². The number of H-pyrrole nitrogens is 1. The Morgan fingerprint density at radius 2 is 1.74 bits per heavy atom. The van der Waals surface area contributed by atoms with Crippen LogP contribution in [0.1, 0.15) is 11.1 Å². The molecule has 0 aliphatic heterocycles. The number of aromatic amines is 1. The van der Waals surface area contributed by atoms with Crippen LogP contribution in [0.3, 0.4) is 0 Å². The van der Waals surface area contributed by atoms with Crippen LogP contribution in [0.4, 0.5) is 0 Å². The number of nitrogens with zero attached hydrogens (tertiary/aromatic N) is 1. The van der Waals surface area contributed by atoms with Gasteiger partial charge in [-0.25, -0.2) is 0 Å². The van der Waals surface area contributed by atoms with Gasteiger partial charge in [0, 0.05) is 4.47 Å². The quantitative estimate of drug-likeness (QED) is 0.617. The van der Waals surface area contributed by atoms with Crippen molar-refractivity contribution >= 4 is 39.2 Å². The van der Waals surface area contributed by atoms with Crippen LogP contribution in [-0.4, -0.2) is 9.55 Å². The zero-order valence-corrected chi connectivity index (χ0v) is 13.1. The summed E-state index contributed by atoms with van der Waals surface area (Å²) in [5, 5.41) is 0. The minimum atomic E-state index is 0.713. The first kappa shape index (κ1) is 12.6. The molecule has 0 atom stereocenters. The first-order valence-corrected chi connectivity index (χ1v) is 7.24. The van der Waals surface area contributed by atoms with Gasteiger partial charge in [0.15, 0.2) is 4.77 Å². The van der Waals surface area contributed by atoms with Gasteiger partial charge in [0.25, 0.3) is 0 Å². The van der Waals surface area contributed by atoms with Gasteiger partial charge in [-0.1, -0.05) is 12.1 Å². The maximum Gasteiger partial charge on any atom is 0.182 e. The summed E-state index contributed by atoms with van der Waals surface area (Å²) in [5.41, 5.74) is 5.67. The fourth-order valence-electron chi connectivity index (χ4n) is 2.26. The maximum absolute atomic E-state index is 5.46. The normalized spacial score (nSPS) is 11.1. The molecule has 0 spiro atoms. The zero-order chi connectivity index (χ0) is 13.6. The fraction of sp³-hybridized carbons (Fsp3) is 0.133. The molecule has 2 aromatic carbocycles. The summed E-state index contributed by atoms with van der Waals surface area (Å²) in [6.07, 6.45) is 0. The van der Waals surface area contributed by atoms with Crippen molar-refractivity contribution in [2.75, 3.05) is 0 Å². The minimum absolute atomic E-state index is 0.713. The van der Waals surface area contributed by atoms with E-state index < -0.39 is 0 Å². The molecule has 0 radical (unpaired) electrons. The molecule has 0 saturated heterocycles. The van der Waals surface area contributed by atoms with Gasteiger partial charge in [-0.15, -0.1) is 0 Å². The lowest BCUT2D eigenvalue weighted by atomic mass is 10.2. The Bertz CT molecular complexity index is 830. The molecule has 3 aromatic rings. The molecule has 0 fully saturated rings. The van der Waals surface area contributed by atoms with E-state index in [1.54, 1.807) is 0 Å². The summed E-state index contributed by atoms with van der Waals surface area (Å²) >= 11 is 9.08. The zero-order valence-electron chi connectivity index (χ0n) is 10.7. The molecule has 1 N–H and O–H groups in total.